The van der Waals surface area contributed by atoms with Crippen molar-refractivity contribution in [1.82, 2.24) is 5.43 Å². The molecule has 8 heteroatoms. The maximum absolute atomic E-state index is 12.3. The van der Waals surface area contributed by atoms with Crippen molar-refractivity contribution in [1.29, 1.82) is 0 Å². The summed E-state index contributed by atoms with van der Waals surface area (Å²) >= 11 is 1.23. The summed E-state index contributed by atoms with van der Waals surface area (Å²) in [6, 6.07) is 8.45. The molecule has 0 saturated carbocycles. The summed E-state index contributed by atoms with van der Waals surface area (Å²) in [6.07, 6.45) is 0.962. The summed E-state index contributed by atoms with van der Waals surface area (Å²) in [5.74, 6) is -1.01. The highest BCUT2D eigenvalue weighted by atomic mass is 32.1. The Morgan fingerprint density at radius 2 is 1.92 bits per heavy atom. The Morgan fingerprint density at radius 3 is 2.54 bits per heavy atom. The van der Waals surface area contributed by atoms with Crippen LogP contribution in [-0.4, -0.2) is 23.4 Å². The number of rotatable bonds is 4. The van der Waals surface area contributed by atoms with Crippen LogP contribution in [0.2, 0.25) is 0 Å². The summed E-state index contributed by atoms with van der Waals surface area (Å²) in [5, 5.41) is 8.81. The van der Waals surface area contributed by atoms with Gasteiger partial charge >= 0.3 is 0 Å². The van der Waals surface area contributed by atoms with Crippen molar-refractivity contribution in [2.24, 2.45) is 10.8 Å². The number of primary amides is 1. The number of nitrogens with one attached hydrogen (secondary N) is 2. The van der Waals surface area contributed by atoms with Gasteiger partial charge in [-0.2, -0.15) is 5.10 Å². The number of hydrogen-bond donors (Lipinski definition) is 3. The van der Waals surface area contributed by atoms with Gasteiger partial charge in [0, 0.05) is 18.4 Å². The Morgan fingerprint density at radius 1 is 1.17 bits per heavy atom. The molecule has 7 nitrogen and oxygen atoms in total. The number of thiophene rings is 1. The van der Waals surface area contributed by atoms with Crippen molar-refractivity contribution in [2.75, 3.05) is 5.32 Å². The van der Waals surface area contributed by atoms with Gasteiger partial charge in [0.25, 0.3) is 11.8 Å². The second-order valence-corrected chi connectivity index (χ2v) is 6.07. The molecule has 1 aromatic carbocycles. The molecule has 2 heterocycles. The van der Waals surface area contributed by atoms with E-state index in [0.29, 0.717) is 23.4 Å². The zero-order chi connectivity index (χ0) is 17.1. The number of carbonyl (C=O) groups is 3. The maximum atomic E-state index is 12.3. The number of nitrogens with two attached hydrogens (primary N) is 1. The fourth-order valence-corrected chi connectivity index (χ4v) is 3.06. The topological polar surface area (TPSA) is 114 Å². The van der Waals surface area contributed by atoms with E-state index < -0.39 is 5.91 Å². The lowest BCUT2D eigenvalue weighted by Crippen LogP contribution is -2.25. The molecule has 1 aliphatic rings. The predicted molar refractivity (Wildman–Crippen MR) is 91.1 cm³/mol. The minimum atomic E-state index is -0.584. The average Bonchev–Trinajstić information content (AvgIpc) is 3.04. The Hall–Kier alpha value is -3.00. The lowest BCUT2D eigenvalue weighted by molar-refractivity contribution is -0.121. The molecule has 1 aliphatic heterocycles. The molecular formula is C16H14N4O3S. The maximum Gasteiger partial charge on any atom is 0.256 e. The average molecular weight is 342 g/mol. The first kappa shape index (κ1) is 15.9. The van der Waals surface area contributed by atoms with Crippen LogP contribution in [0.5, 0.6) is 0 Å². The van der Waals surface area contributed by atoms with Crippen LogP contribution in [0.25, 0.3) is 0 Å². The number of hydrogen-bond acceptors (Lipinski definition) is 5. The molecule has 0 spiro atoms. The van der Waals surface area contributed by atoms with E-state index in [2.05, 4.69) is 15.8 Å². The van der Waals surface area contributed by atoms with E-state index in [1.54, 1.807) is 35.7 Å². The minimum Gasteiger partial charge on any atom is -0.366 e. The molecule has 0 atom stereocenters. The van der Waals surface area contributed by atoms with Gasteiger partial charge in [0.05, 0.1) is 11.3 Å². The lowest BCUT2D eigenvalue weighted by atomic mass is 10.0. The highest BCUT2D eigenvalue weighted by Gasteiger charge is 2.16. The van der Waals surface area contributed by atoms with Crippen molar-refractivity contribution in [3.8, 4) is 0 Å². The van der Waals surface area contributed by atoms with E-state index in [1.165, 1.54) is 11.3 Å². The van der Waals surface area contributed by atoms with E-state index in [1.807, 2.05) is 0 Å². The Balaban J connectivity index is 1.73. The zero-order valence-electron chi connectivity index (χ0n) is 12.5. The van der Waals surface area contributed by atoms with Crippen LogP contribution in [0.3, 0.4) is 0 Å². The van der Waals surface area contributed by atoms with Crippen LogP contribution >= 0.6 is 11.3 Å². The Kier molecular flexibility index (Phi) is 4.39. The molecule has 4 N–H and O–H groups in total. The SMILES string of the molecule is NC(=O)c1ccsc1NC(=O)c1ccc(C2=NNC(=O)CC2)cc1. The largest absolute Gasteiger partial charge is 0.366 e. The van der Waals surface area contributed by atoms with E-state index in [4.69, 9.17) is 5.73 Å². The molecule has 3 amide bonds. The lowest BCUT2D eigenvalue weighted by Gasteiger charge is -2.12. The third-order valence-electron chi connectivity index (χ3n) is 3.54. The van der Waals surface area contributed by atoms with Gasteiger partial charge in [0.2, 0.25) is 5.91 Å². The van der Waals surface area contributed by atoms with E-state index in [-0.39, 0.29) is 17.4 Å². The van der Waals surface area contributed by atoms with Gasteiger partial charge in [-0.3, -0.25) is 14.4 Å². The number of nitrogens with zero attached hydrogens (tertiary/aromatic N) is 1. The molecule has 122 valence electrons. The number of carbonyl (C=O) groups excluding carboxylic acids is 3. The minimum absolute atomic E-state index is 0.101. The summed E-state index contributed by atoms with van der Waals surface area (Å²) < 4.78 is 0. The highest BCUT2D eigenvalue weighted by molar-refractivity contribution is 7.14. The van der Waals surface area contributed by atoms with Crippen molar-refractivity contribution in [3.63, 3.8) is 0 Å². The van der Waals surface area contributed by atoms with Gasteiger partial charge in [0.1, 0.15) is 5.00 Å². The van der Waals surface area contributed by atoms with Crippen LogP contribution in [0.1, 0.15) is 39.1 Å². The smallest absolute Gasteiger partial charge is 0.256 e. The van der Waals surface area contributed by atoms with Crippen molar-refractivity contribution in [3.05, 3.63) is 52.4 Å². The number of anilines is 1. The molecule has 0 radical (unpaired) electrons. The fourth-order valence-electron chi connectivity index (χ4n) is 2.27. The first-order chi connectivity index (χ1) is 11.5. The van der Waals surface area contributed by atoms with Gasteiger partial charge in [-0.15, -0.1) is 11.3 Å². The molecule has 2 aromatic rings. The first-order valence-electron chi connectivity index (χ1n) is 7.19. The summed E-state index contributed by atoms with van der Waals surface area (Å²) in [7, 11) is 0. The van der Waals surface area contributed by atoms with E-state index in [9.17, 15) is 14.4 Å². The van der Waals surface area contributed by atoms with E-state index >= 15 is 0 Å². The number of hydrazone groups is 1. The van der Waals surface area contributed by atoms with Gasteiger partial charge in [0.15, 0.2) is 0 Å². The summed E-state index contributed by atoms with van der Waals surface area (Å²) in [6.45, 7) is 0. The second kappa shape index (κ2) is 6.63. The van der Waals surface area contributed by atoms with Crippen LogP contribution in [0, 0.1) is 0 Å². The first-order valence-corrected chi connectivity index (χ1v) is 8.07. The van der Waals surface area contributed by atoms with Gasteiger partial charge in [-0.1, -0.05) is 12.1 Å². The second-order valence-electron chi connectivity index (χ2n) is 5.15. The van der Waals surface area contributed by atoms with Gasteiger partial charge in [-0.05, 0) is 29.1 Å². The molecule has 0 saturated heterocycles. The molecule has 0 aliphatic carbocycles. The van der Waals surface area contributed by atoms with E-state index in [0.717, 1.165) is 11.3 Å². The molecule has 24 heavy (non-hydrogen) atoms. The van der Waals surface area contributed by atoms with Gasteiger partial charge in [-0.25, -0.2) is 5.43 Å². The standard InChI is InChI=1S/C16H14N4O3S/c17-14(22)11-7-8-24-16(11)18-15(23)10-3-1-9(2-4-10)12-5-6-13(21)20-19-12/h1-4,7-8H,5-6H2,(H2,17,22)(H,18,23)(H,20,21). The molecule has 1 aromatic heterocycles. The Labute approximate surface area is 141 Å². The van der Waals surface area contributed by atoms with Crippen LogP contribution in [0.15, 0.2) is 40.8 Å². The van der Waals surface area contributed by atoms with Crippen LogP contribution < -0.4 is 16.5 Å². The van der Waals surface area contributed by atoms with Crippen molar-refractivity contribution >= 4 is 39.8 Å². The molecule has 0 unspecified atom stereocenters. The zero-order valence-corrected chi connectivity index (χ0v) is 13.4. The monoisotopic (exact) mass is 342 g/mol. The summed E-state index contributed by atoms with van der Waals surface area (Å²) in [4.78, 5) is 34.7. The Bertz CT molecular complexity index is 839. The number of amides is 3. The van der Waals surface area contributed by atoms with Crippen molar-refractivity contribution < 1.29 is 14.4 Å². The molecular weight excluding hydrogens is 328 g/mol. The number of benzene rings is 1. The predicted octanol–water partition coefficient (Wildman–Crippen LogP) is 1.71. The summed E-state index contributed by atoms with van der Waals surface area (Å²) in [5.41, 5.74) is 10.1. The molecule has 0 fully saturated rings. The third kappa shape index (κ3) is 3.33. The normalized spacial score (nSPS) is 13.8. The van der Waals surface area contributed by atoms with Gasteiger partial charge < -0.3 is 11.1 Å². The van der Waals surface area contributed by atoms with Crippen molar-refractivity contribution in [2.45, 2.75) is 12.8 Å². The molecule has 0 bridgehead atoms. The third-order valence-corrected chi connectivity index (χ3v) is 4.37. The van der Waals surface area contributed by atoms with Crippen LogP contribution in [0.4, 0.5) is 5.00 Å². The van der Waals surface area contributed by atoms with Crippen LogP contribution in [-0.2, 0) is 4.79 Å². The molecule has 3 rings (SSSR count). The fraction of sp³-hybridized carbons (Fsp3) is 0.125. The quantitative estimate of drug-likeness (QED) is 0.786. The highest BCUT2D eigenvalue weighted by Crippen LogP contribution is 2.23.